The number of amides is 2. The molecule has 1 aliphatic rings. The van der Waals surface area contributed by atoms with Crippen LogP contribution in [0, 0.1) is 0 Å². The third-order valence-electron chi connectivity index (χ3n) is 4.23. The Labute approximate surface area is 146 Å². The molecule has 6 heteroatoms. The maximum absolute atomic E-state index is 11.9. The molecule has 0 radical (unpaired) electrons. The minimum absolute atomic E-state index is 0.0869. The minimum Gasteiger partial charge on any atom is -0.356 e. The van der Waals surface area contributed by atoms with Crippen LogP contribution in [0.4, 0.5) is 0 Å². The van der Waals surface area contributed by atoms with Gasteiger partial charge in [0.05, 0.1) is 15.2 Å². The number of aromatic nitrogens is 1. The van der Waals surface area contributed by atoms with Crippen LogP contribution in [-0.4, -0.2) is 41.3 Å². The van der Waals surface area contributed by atoms with Gasteiger partial charge in [-0.1, -0.05) is 12.1 Å². The Balaban J connectivity index is 1.30. The molecule has 5 nitrogen and oxygen atoms in total. The van der Waals surface area contributed by atoms with Crippen LogP contribution in [0.1, 0.15) is 37.1 Å². The largest absolute Gasteiger partial charge is 0.356 e. The van der Waals surface area contributed by atoms with E-state index in [-0.39, 0.29) is 11.8 Å². The summed E-state index contributed by atoms with van der Waals surface area (Å²) in [5.74, 6) is 0.334. The highest BCUT2D eigenvalue weighted by atomic mass is 32.1. The molecule has 0 unspecified atom stereocenters. The van der Waals surface area contributed by atoms with Gasteiger partial charge in [-0.15, -0.1) is 11.3 Å². The lowest BCUT2D eigenvalue weighted by Gasteiger charge is -2.15. The maximum atomic E-state index is 11.9. The van der Waals surface area contributed by atoms with E-state index in [9.17, 15) is 9.59 Å². The molecular formula is C18H23N3O2S. The van der Waals surface area contributed by atoms with Crippen LogP contribution in [0.3, 0.4) is 0 Å². The SMILES string of the molecule is O=C(CCCc1nc2ccccc2s1)NCCCN1CCCC1=O. The van der Waals surface area contributed by atoms with Crippen molar-refractivity contribution >= 4 is 33.4 Å². The lowest BCUT2D eigenvalue weighted by molar-refractivity contribution is -0.127. The van der Waals surface area contributed by atoms with Gasteiger partial charge in [-0.3, -0.25) is 9.59 Å². The molecule has 2 heterocycles. The Morgan fingerprint density at radius 2 is 2.17 bits per heavy atom. The minimum atomic E-state index is 0.0869. The average molecular weight is 345 g/mol. The fourth-order valence-electron chi connectivity index (χ4n) is 2.95. The fourth-order valence-corrected chi connectivity index (χ4v) is 3.96. The van der Waals surface area contributed by atoms with Crippen molar-refractivity contribution < 1.29 is 9.59 Å². The summed E-state index contributed by atoms with van der Waals surface area (Å²) >= 11 is 1.70. The van der Waals surface area contributed by atoms with E-state index in [0.717, 1.165) is 49.3 Å². The fraction of sp³-hybridized carbons (Fsp3) is 0.500. The third kappa shape index (κ3) is 4.54. The first-order valence-electron chi connectivity index (χ1n) is 8.61. The van der Waals surface area contributed by atoms with E-state index in [4.69, 9.17) is 0 Å². The Hall–Kier alpha value is -1.95. The first-order valence-corrected chi connectivity index (χ1v) is 9.43. The van der Waals surface area contributed by atoms with Crippen molar-refractivity contribution in [3.63, 3.8) is 0 Å². The Morgan fingerprint density at radius 3 is 2.96 bits per heavy atom. The van der Waals surface area contributed by atoms with Gasteiger partial charge >= 0.3 is 0 Å². The molecule has 0 aliphatic carbocycles. The van der Waals surface area contributed by atoms with Gasteiger partial charge in [-0.25, -0.2) is 4.98 Å². The standard InChI is InChI=1S/C18H23N3O2S/c22-16(19-11-5-13-21-12-4-10-18(21)23)8-3-9-17-20-14-6-1-2-7-15(14)24-17/h1-2,6-7H,3-5,8-13H2,(H,19,22). The van der Waals surface area contributed by atoms with Gasteiger partial charge in [-0.05, 0) is 37.8 Å². The number of hydrogen-bond donors (Lipinski definition) is 1. The molecular weight excluding hydrogens is 322 g/mol. The number of carbonyl (C=O) groups excluding carboxylic acids is 2. The molecule has 2 aromatic rings. The van der Waals surface area contributed by atoms with Gasteiger partial charge in [0.1, 0.15) is 0 Å². The highest BCUT2D eigenvalue weighted by molar-refractivity contribution is 7.18. The smallest absolute Gasteiger partial charge is 0.222 e. The first-order chi connectivity index (χ1) is 11.7. The number of hydrogen-bond acceptors (Lipinski definition) is 4. The third-order valence-corrected chi connectivity index (χ3v) is 5.33. The molecule has 0 saturated carbocycles. The zero-order valence-electron chi connectivity index (χ0n) is 13.8. The Bertz CT molecular complexity index is 680. The van der Waals surface area contributed by atoms with Crippen molar-refractivity contribution in [2.45, 2.75) is 38.5 Å². The van der Waals surface area contributed by atoms with E-state index in [2.05, 4.69) is 16.4 Å². The van der Waals surface area contributed by atoms with Gasteiger partial charge in [0.2, 0.25) is 11.8 Å². The van der Waals surface area contributed by atoms with Crippen molar-refractivity contribution in [1.29, 1.82) is 0 Å². The number of likely N-dealkylation sites (tertiary alicyclic amines) is 1. The highest BCUT2D eigenvalue weighted by Gasteiger charge is 2.18. The summed E-state index contributed by atoms with van der Waals surface area (Å²) in [6.07, 6.45) is 4.66. The predicted octanol–water partition coefficient (Wildman–Crippen LogP) is 2.75. The normalized spacial score (nSPS) is 14.5. The van der Waals surface area contributed by atoms with Crippen molar-refractivity contribution in [1.82, 2.24) is 15.2 Å². The quantitative estimate of drug-likeness (QED) is 0.748. The molecule has 0 bridgehead atoms. The lowest BCUT2D eigenvalue weighted by Crippen LogP contribution is -2.30. The van der Waals surface area contributed by atoms with E-state index in [1.807, 2.05) is 23.1 Å². The van der Waals surface area contributed by atoms with Gasteiger partial charge in [-0.2, -0.15) is 0 Å². The second kappa shape index (κ2) is 8.24. The first kappa shape index (κ1) is 16.9. The van der Waals surface area contributed by atoms with Gasteiger partial charge in [0.15, 0.2) is 0 Å². The highest BCUT2D eigenvalue weighted by Crippen LogP contribution is 2.22. The summed E-state index contributed by atoms with van der Waals surface area (Å²) < 4.78 is 1.20. The van der Waals surface area contributed by atoms with Crippen LogP contribution >= 0.6 is 11.3 Å². The van der Waals surface area contributed by atoms with E-state index < -0.39 is 0 Å². The van der Waals surface area contributed by atoms with Crippen molar-refractivity contribution in [2.24, 2.45) is 0 Å². The second-order valence-electron chi connectivity index (χ2n) is 6.12. The summed E-state index contributed by atoms with van der Waals surface area (Å²) in [7, 11) is 0. The van der Waals surface area contributed by atoms with Crippen LogP contribution in [0.5, 0.6) is 0 Å². The number of nitrogens with zero attached hydrogens (tertiary/aromatic N) is 2. The van der Waals surface area contributed by atoms with E-state index in [1.165, 1.54) is 4.70 Å². The summed E-state index contributed by atoms with van der Waals surface area (Å²) in [6, 6.07) is 8.12. The number of aryl methyl sites for hydroxylation is 1. The van der Waals surface area contributed by atoms with Crippen LogP contribution in [-0.2, 0) is 16.0 Å². The van der Waals surface area contributed by atoms with Crippen LogP contribution in [0.25, 0.3) is 10.2 Å². The van der Waals surface area contributed by atoms with Gasteiger partial charge < -0.3 is 10.2 Å². The van der Waals surface area contributed by atoms with Gasteiger partial charge in [0.25, 0.3) is 0 Å². The molecule has 1 saturated heterocycles. The zero-order valence-corrected chi connectivity index (χ0v) is 14.6. The van der Waals surface area contributed by atoms with E-state index in [0.29, 0.717) is 19.4 Å². The topological polar surface area (TPSA) is 62.3 Å². The van der Waals surface area contributed by atoms with Crippen LogP contribution < -0.4 is 5.32 Å². The molecule has 24 heavy (non-hydrogen) atoms. The molecule has 1 N–H and O–H groups in total. The number of thiazole rings is 1. The Morgan fingerprint density at radius 1 is 1.29 bits per heavy atom. The molecule has 3 rings (SSSR count). The van der Waals surface area contributed by atoms with Crippen molar-refractivity contribution in [3.8, 4) is 0 Å². The molecule has 1 aromatic carbocycles. The summed E-state index contributed by atoms with van der Waals surface area (Å²) in [6.45, 7) is 2.27. The monoisotopic (exact) mass is 345 g/mol. The zero-order chi connectivity index (χ0) is 16.8. The lowest BCUT2D eigenvalue weighted by atomic mass is 10.2. The van der Waals surface area contributed by atoms with Crippen molar-refractivity contribution in [2.75, 3.05) is 19.6 Å². The average Bonchev–Trinajstić information content (AvgIpc) is 3.17. The molecule has 1 aliphatic heterocycles. The van der Waals surface area contributed by atoms with E-state index in [1.54, 1.807) is 11.3 Å². The molecule has 1 aromatic heterocycles. The van der Waals surface area contributed by atoms with Gasteiger partial charge in [0, 0.05) is 32.5 Å². The number of nitrogens with one attached hydrogen (secondary N) is 1. The van der Waals surface area contributed by atoms with E-state index >= 15 is 0 Å². The van der Waals surface area contributed by atoms with Crippen LogP contribution in [0.15, 0.2) is 24.3 Å². The van der Waals surface area contributed by atoms with Crippen LogP contribution in [0.2, 0.25) is 0 Å². The number of benzene rings is 1. The molecule has 0 spiro atoms. The molecule has 128 valence electrons. The molecule has 0 atom stereocenters. The number of carbonyl (C=O) groups is 2. The summed E-state index contributed by atoms with van der Waals surface area (Å²) in [5, 5.41) is 4.03. The summed E-state index contributed by atoms with van der Waals surface area (Å²) in [4.78, 5) is 29.8. The molecule has 2 amide bonds. The molecule has 1 fully saturated rings. The number of fused-ring (bicyclic) bond motifs is 1. The second-order valence-corrected chi connectivity index (χ2v) is 7.23. The predicted molar refractivity (Wildman–Crippen MR) is 96.0 cm³/mol. The number of para-hydroxylation sites is 1. The summed E-state index contributed by atoms with van der Waals surface area (Å²) in [5.41, 5.74) is 1.04. The number of rotatable bonds is 8. The Kier molecular flexibility index (Phi) is 5.80. The van der Waals surface area contributed by atoms with Crippen molar-refractivity contribution in [3.05, 3.63) is 29.3 Å². The maximum Gasteiger partial charge on any atom is 0.222 e.